The van der Waals surface area contributed by atoms with Crippen LogP contribution in [0.4, 0.5) is 5.69 Å². The van der Waals surface area contributed by atoms with Crippen LogP contribution in [0, 0.1) is 0 Å². The Bertz CT molecular complexity index is 1040. The summed E-state index contributed by atoms with van der Waals surface area (Å²) in [4.78, 5) is 39.0. The molecule has 4 rings (SSSR count). The molecule has 0 N–H and O–H groups in total. The number of hydrogen-bond donors (Lipinski definition) is 0. The van der Waals surface area contributed by atoms with Crippen LogP contribution in [0.15, 0.2) is 36.4 Å². The molecule has 0 radical (unpaired) electrons. The summed E-state index contributed by atoms with van der Waals surface area (Å²) < 4.78 is 11.4. The van der Waals surface area contributed by atoms with Gasteiger partial charge in [-0.1, -0.05) is 19.1 Å². The Morgan fingerprint density at radius 1 is 1.17 bits per heavy atom. The molecule has 0 unspecified atom stereocenters. The van der Waals surface area contributed by atoms with Gasteiger partial charge in [0.15, 0.2) is 6.10 Å². The first-order chi connectivity index (χ1) is 14.3. The zero-order valence-electron chi connectivity index (χ0n) is 17.6. The van der Waals surface area contributed by atoms with Crippen molar-refractivity contribution in [2.24, 2.45) is 0 Å². The average Bonchev–Trinajstić information content (AvgIpc) is 3.27. The highest BCUT2D eigenvalue weighted by Crippen LogP contribution is 2.40. The van der Waals surface area contributed by atoms with Gasteiger partial charge in [-0.15, -0.1) is 0 Å². The van der Waals surface area contributed by atoms with Crippen molar-refractivity contribution in [2.45, 2.75) is 52.2 Å². The van der Waals surface area contributed by atoms with E-state index >= 15 is 0 Å². The topological polar surface area (TPSA) is 72.9 Å². The van der Waals surface area contributed by atoms with Gasteiger partial charge in [0.05, 0.1) is 0 Å². The number of benzene rings is 2. The first-order valence-electron chi connectivity index (χ1n) is 10.2. The molecule has 0 fully saturated rings. The van der Waals surface area contributed by atoms with Gasteiger partial charge >= 0.3 is 5.97 Å². The number of carbonyl (C=O) groups is 3. The molecule has 2 aromatic carbocycles. The number of nitrogens with zero attached hydrogens (tertiary/aromatic N) is 1. The van der Waals surface area contributed by atoms with Gasteiger partial charge in [-0.25, -0.2) is 4.79 Å². The van der Waals surface area contributed by atoms with E-state index in [0.29, 0.717) is 29.8 Å². The van der Waals surface area contributed by atoms with Crippen molar-refractivity contribution in [2.75, 3.05) is 11.4 Å². The molecule has 0 saturated heterocycles. The second-order valence-corrected chi connectivity index (χ2v) is 8.01. The van der Waals surface area contributed by atoms with Gasteiger partial charge in [-0.3, -0.25) is 9.59 Å². The molecule has 2 aromatic rings. The molecule has 6 heteroatoms. The summed E-state index contributed by atoms with van der Waals surface area (Å²) in [6, 6.07) is 10.7. The van der Waals surface area contributed by atoms with E-state index in [0.717, 1.165) is 16.8 Å². The number of amides is 1. The molecular weight excluding hydrogens is 382 g/mol. The summed E-state index contributed by atoms with van der Waals surface area (Å²) in [5.41, 5.74) is 3.57. The van der Waals surface area contributed by atoms with E-state index in [4.69, 9.17) is 9.47 Å². The summed E-state index contributed by atoms with van der Waals surface area (Å²) >= 11 is 0. The van der Waals surface area contributed by atoms with Crippen LogP contribution in [0.25, 0.3) is 0 Å². The Labute approximate surface area is 175 Å². The maximum absolute atomic E-state index is 12.9. The quantitative estimate of drug-likeness (QED) is 0.568. The molecule has 2 aliphatic heterocycles. The number of hydrogen-bond acceptors (Lipinski definition) is 5. The first kappa shape index (κ1) is 20.1. The second-order valence-electron chi connectivity index (χ2n) is 8.01. The SMILES string of the molecule is CC(=O)N1CCc2cc(C(=O)[C@H](C)OC(=O)c3cccc4c3O[C@H](C)[C@H]4C)ccc21. The van der Waals surface area contributed by atoms with E-state index in [9.17, 15) is 14.4 Å². The zero-order valence-corrected chi connectivity index (χ0v) is 17.6. The van der Waals surface area contributed by atoms with Crippen molar-refractivity contribution >= 4 is 23.3 Å². The minimum Gasteiger partial charge on any atom is -0.489 e. The van der Waals surface area contributed by atoms with Crippen molar-refractivity contribution in [3.05, 3.63) is 58.7 Å². The predicted molar refractivity (Wildman–Crippen MR) is 112 cm³/mol. The van der Waals surface area contributed by atoms with Crippen LogP contribution in [-0.2, 0) is 16.0 Å². The van der Waals surface area contributed by atoms with Gasteiger partial charge < -0.3 is 14.4 Å². The Hall–Kier alpha value is -3.15. The Morgan fingerprint density at radius 3 is 2.67 bits per heavy atom. The van der Waals surface area contributed by atoms with Gasteiger partial charge in [0.2, 0.25) is 11.7 Å². The molecule has 30 heavy (non-hydrogen) atoms. The second kappa shape index (κ2) is 7.59. The third kappa shape index (κ3) is 3.36. The first-order valence-corrected chi connectivity index (χ1v) is 10.2. The molecule has 1 amide bonds. The van der Waals surface area contributed by atoms with Gasteiger partial charge in [0.25, 0.3) is 0 Å². The summed E-state index contributed by atoms with van der Waals surface area (Å²) in [6.07, 6.45) is -0.254. The summed E-state index contributed by atoms with van der Waals surface area (Å²) in [5, 5.41) is 0. The third-order valence-electron chi connectivity index (χ3n) is 6.06. The van der Waals surface area contributed by atoms with Crippen LogP contribution in [0.2, 0.25) is 0 Å². The molecule has 2 heterocycles. The number of carbonyl (C=O) groups excluding carboxylic acids is 3. The van der Waals surface area contributed by atoms with E-state index in [1.165, 1.54) is 6.92 Å². The minimum absolute atomic E-state index is 0.0172. The number of ketones is 1. The number of anilines is 1. The van der Waals surface area contributed by atoms with Gasteiger partial charge in [0.1, 0.15) is 17.4 Å². The normalized spacial score (nSPS) is 20.2. The zero-order chi connectivity index (χ0) is 21.6. The largest absolute Gasteiger partial charge is 0.489 e. The molecule has 156 valence electrons. The number of ether oxygens (including phenoxy) is 2. The van der Waals surface area contributed by atoms with Gasteiger partial charge in [-0.05, 0) is 50.1 Å². The molecular formula is C24H25NO5. The summed E-state index contributed by atoms with van der Waals surface area (Å²) in [6.45, 7) is 7.74. The van der Waals surface area contributed by atoms with Crippen LogP contribution in [0.3, 0.4) is 0 Å². The highest BCUT2D eigenvalue weighted by molar-refractivity contribution is 6.03. The van der Waals surface area contributed by atoms with Crippen LogP contribution in [0.1, 0.15) is 65.5 Å². The van der Waals surface area contributed by atoms with Crippen molar-refractivity contribution in [3.8, 4) is 5.75 Å². The molecule has 2 aliphatic rings. The number of fused-ring (bicyclic) bond motifs is 2. The summed E-state index contributed by atoms with van der Waals surface area (Å²) in [5.74, 6) is -0.131. The van der Waals surface area contributed by atoms with E-state index in [1.54, 1.807) is 42.2 Å². The minimum atomic E-state index is -0.937. The third-order valence-corrected chi connectivity index (χ3v) is 6.06. The van der Waals surface area contributed by atoms with Crippen molar-refractivity contribution in [1.29, 1.82) is 0 Å². The lowest BCUT2D eigenvalue weighted by molar-refractivity contribution is -0.116. The van der Waals surface area contributed by atoms with E-state index in [-0.39, 0.29) is 23.7 Å². The number of rotatable bonds is 4. The number of para-hydroxylation sites is 1. The van der Waals surface area contributed by atoms with Gasteiger partial charge in [-0.2, -0.15) is 0 Å². The molecule has 0 aromatic heterocycles. The molecule has 0 spiro atoms. The van der Waals surface area contributed by atoms with Crippen LogP contribution >= 0.6 is 0 Å². The van der Waals surface area contributed by atoms with E-state index in [2.05, 4.69) is 6.92 Å². The fourth-order valence-electron chi connectivity index (χ4n) is 4.14. The molecule has 0 saturated carbocycles. The molecule has 0 bridgehead atoms. The lowest BCUT2D eigenvalue weighted by Gasteiger charge is -2.16. The monoisotopic (exact) mass is 407 g/mol. The molecule has 6 nitrogen and oxygen atoms in total. The number of esters is 1. The maximum Gasteiger partial charge on any atom is 0.342 e. The Morgan fingerprint density at radius 2 is 1.93 bits per heavy atom. The smallest absolute Gasteiger partial charge is 0.342 e. The predicted octanol–water partition coefficient (Wildman–Crippen LogP) is 3.91. The number of Topliss-reactive ketones (excluding diaryl/α,β-unsaturated/α-hetero) is 1. The van der Waals surface area contributed by atoms with E-state index in [1.807, 2.05) is 13.0 Å². The fraction of sp³-hybridized carbons (Fsp3) is 0.375. The van der Waals surface area contributed by atoms with Gasteiger partial charge in [0, 0.05) is 36.2 Å². The maximum atomic E-state index is 12.9. The van der Waals surface area contributed by atoms with Crippen LogP contribution < -0.4 is 9.64 Å². The summed E-state index contributed by atoms with van der Waals surface area (Å²) in [7, 11) is 0. The molecule has 3 atom stereocenters. The van der Waals surface area contributed by atoms with Crippen molar-refractivity contribution < 1.29 is 23.9 Å². The van der Waals surface area contributed by atoms with Crippen molar-refractivity contribution in [1.82, 2.24) is 0 Å². The standard InChI is InChI=1S/C24H25NO5/c1-13-14(2)29-23-19(13)6-5-7-20(23)24(28)30-15(3)22(27)18-8-9-21-17(12-18)10-11-25(21)16(4)26/h5-9,12-15H,10-11H2,1-4H3/t13-,14-,15+/m1/s1. The Balaban J connectivity index is 1.50. The van der Waals surface area contributed by atoms with E-state index < -0.39 is 12.1 Å². The molecule has 0 aliphatic carbocycles. The van der Waals surface area contributed by atoms with Crippen LogP contribution in [-0.4, -0.2) is 36.4 Å². The highest BCUT2D eigenvalue weighted by atomic mass is 16.5. The van der Waals surface area contributed by atoms with Crippen LogP contribution in [0.5, 0.6) is 5.75 Å². The lowest BCUT2D eigenvalue weighted by Crippen LogP contribution is -2.26. The van der Waals surface area contributed by atoms with Crippen molar-refractivity contribution in [3.63, 3.8) is 0 Å². The average molecular weight is 407 g/mol. The highest BCUT2D eigenvalue weighted by Gasteiger charge is 2.33. The fourth-order valence-corrected chi connectivity index (χ4v) is 4.14. The Kier molecular flexibility index (Phi) is 5.10. The lowest BCUT2D eigenvalue weighted by atomic mass is 9.97.